The second-order valence-electron chi connectivity index (χ2n) is 5.52. The first-order chi connectivity index (χ1) is 10.1. The summed E-state index contributed by atoms with van der Waals surface area (Å²) in [5.74, 6) is 0.158. The molecule has 0 spiro atoms. The molecule has 1 aliphatic heterocycles. The van der Waals surface area contributed by atoms with Gasteiger partial charge in [-0.25, -0.2) is 0 Å². The van der Waals surface area contributed by atoms with E-state index >= 15 is 0 Å². The maximum Gasteiger partial charge on any atom is 0.227 e. The highest BCUT2D eigenvalue weighted by Gasteiger charge is 2.23. The van der Waals surface area contributed by atoms with Crippen LogP contribution in [-0.4, -0.2) is 22.2 Å². The number of nitrogens with two attached hydrogens (primary N) is 1. The molecular weight excluding hydrogens is 264 g/mol. The van der Waals surface area contributed by atoms with E-state index in [1.807, 2.05) is 42.5 Å². The number of rotatable bonds is 3. The lowest BCUT2D eigenvalue weighted by Gasteiger charge is -2.30. The highest BCUT2D eigenvalue weighted by molar-refractivity contribution is 5.95. The largest absolute Gasteiger partial charge is 0.398 e. The lowest BCUT2D eigenvalue weighted by molar-refractivity contribution is -0.118. The lowest BCUT2D eigenvalue weighted by Crippen LogP contribution is -2.35. The van der Waals surface area contributed by atoms with Crippen molar-refractivity contribution in [3.8, 4) is 0 Å². The normalized spacial score (nSPS) is 14.0. The van der Waals surface area contributed by atoms with Crippen molar-refractivity contribution in [2.75, 3.05) is 17.2 Å². The molecular formula is C16H20N4O. The van der Waals surface area contributed by atoms with Gasteiger partial charge in [0, 0.05) is 37.6 Å². The van der Waals surface area contributed by atoms with Crippen LogP contribution < -0.4 is 10.6 Å². The summed E-state index contributed by atoms with van der Waals surface area (Å²) in [6.45, 7) is 0.780. The summed E-state index contributed by atoms with van der Waals surface area (Å²) in [6.07, 6.45) is 6.92. The van der Waals surface area contributed by atoms with Gasteiger partial charge in [-0.2, -0.15) is 5.10 Å². The second-order valence-corrected chi connectivity index (χ2v) is 5.52. The fraction of sp³-hybridized carbons (Fsp3) is 0.375. The first-order valence-electron chi connectivity index (χ1n) is 7.30. The summed E-state index contributed by atoms with van der Waals surface area (Å²) < 4.78 is 1.76. The van der Waals surface area contributed by atoms with E-state index in [0.29, 0.717) is 6.42 Å². The Labute approximate surface area is 124 Å². The zero-order valence-corrected chi connectivity index (χ0v) is 12.2. The number of aromatic nitrogens is 2. The van der Waals surface area contributed by atoms with Crippen LogP contribution in [0, 0.1) is 0 Å². The predicted octanol–water partition coefficient (Wildman–Crippen LogP) is 1.91. The van der Waals surface area contributed by atoms with Crippen molar-refractivity contribution in [1.82, 2.24) is 9.78 Å². The van der Waals surface area contributed by atoms with Gasteiger partial charge < -0.3 is 10.6 Å². The van der Waals surface area contributed by atoms with Crippen LogP contribution in [0.25, 0.3) is 0 Å². The van der Waals surface area contributed by atoms with Gasteiger partial charge in [-0.15, -0.1) is 0 Å². The Bertz CT molecular complexity index is 662. The summed E-state index contributed by atoms with van der Waals surface area (Å²) in [4.78, 5) is 14.4. The van der Waals surface area contributed by atoms with Gasteiger partial charge in [-0.05, 0) is 42.5 Å². The monoisotopic (exact) mass is 284 g/mol. The van der Waals surface area contributed by atoms with Crippen molar-refractivity contribution in [1.29, 1.82) is 0 Å². The van der Waals surface area contributed by atoms with Gasteiger partial charge in [0.2, 0.25) is 5.91 Å². The number of carbonyl (C=O) groups is 1. The molecule has 0 unspecified atom stereocenters. The molecule has 110 valence electrons. The molecule has 1 aromatic heterocycles. The number of amides is 1. The standard InChI is InChI=1S/C16H20N4O/c1-19-11-12(10-18-19)7-8-16(21)20-9-3-4-13-14(17)5-2-6-15(13)20/h2,5-6,10-11H,3-4,7-9,17H2,1H3. The molecule has 2 N–H and O–H groups in total. The Balaban J connectivity index is 1.73. The zero-order valence-electron chi connectivity index (χ0n) is 12.2. The second kappa shape index (κ2) is 5.60. The van der Waals surface area contributed by atoms with Crippen molar-refractivity contribution >= 4 is 17.3 Å². The highest BCUT2D eigenvalue weighted by atomic mass is 16.2. The van der Waals surface area contributed by atoms with E-state index in [0.717, 1.165) is 48.3 Å². The van der Waals surface area contributed by atoms with E-state index in [9.17, 15) is 4.79 Å². The Morgan fingerprint density at radius 1 is 1.43 bits per heavy atom. The van der Waals surface area contributed by atoms with Gasteiger partial charge in [0.15, 0.2) is 0 Å². The van der Waals surface area contributed by atoms with E-state index in [4.69, 9.17) is 5.73 Å². The number of hydrogen-bond donors (Lipinski definition) is 1. The van der Waals surface area contributed by atoms with Gasteiger partial charge in [0.05, 0.1) is 6.20 Å². The van der Waals surface area contributed by atoms with Crippen molar-refractivity contribution < 1.29 is 4.79 Å². The molecule has 3 rings (SSSR count). The average Bonchev–Trinajstić information content (AvgIpc) is 2.90. The quantitative estimate of drug-likeness (QED) is 0.876. The van der Waals surface area contributed by atoms with Crippen LogP contribution >= 0.6 is 0 Å². The third-order valence-corrected chi connectivity index (χ3v) is 3.97. The van der Waals surface area contributed by atoms with E-state index in [-0.39, 0.29) is 5.91 Å². The number of nitrogen functional groups attached to an aromatic ring is 1. The molecule has 0 aliphatic carbocycles. The van der Waals surface area contributed by atoms with Crippen LogP contribution in [-0.2, 0) is 24.7 Å². The fourth-order valence-electron chi connectivity index (χ4n) is 2.90. The first kappa shape index (κ1) is 13.7. The summed E-state index contributed by atoms with van der Waals surface area (Å²) in [5.41, 5.74) is 10.00. The minimum Gasteiger partial charge on any atom is -0.398 e. The third-order valence-electron chi connectivity index (χ3n) is 3.97. The third kappa shape index (κ3) is 2.77. The molecule has 0 atom stereocenters. The van der Waals surface area contributed by atoms with Crippen LogP contribution in [0.3, 0.4) is 0 Å². The summed E-state index contributed by atoms with van der Waals surface area (Å²) in [6, 6.07) is 5.82. The van der Waals surface area contributed by atoms with Crippen LogP contribution in [0.2, 0.25) is 0 Å². The smallest absolute Gasteiger partial charge is 0.227 e. The number of aryl methyl sites for hydroxylation is 2. The average molecular weight is 284 g/mol. The minimum atomic E-state index is 0.158. The molecule has 0 radical (unpaired) electrons. The number of benzene rings is 1. The molecule has 5 heteroatoms. The van der Waals surface area contributed by atoms with Crippen LogP contribution in [0.15, 0.2) is 30.6 Å². The molecule has 5 nitrogen and oxygen atoms in total. The van der Waals surface area contributed by atoms with Gasteiger partial charge in [-0.1, -0.05) is 6.07 Å². The van der Waals surface area contributed by atoms with Gasteiger partial charge in [0.1, 0.15) is 0 Å². The number of fused-ring (bicyclic) bond motifs is 1. The molecule has 2 heterocycles. The number of hydrogen-bond acceptors (Lipinski definition) is 3. The van der Waals surface area contributed by atoms with Crippen LogP contribution in [0.5, 0.6) is 0 Å². The summed E-state index contributed by atoms with van der Waals surface area (Å²) >= 11 is 0. The fourth-order valence-corrected chi connectivity index (χ4v) is 2.90. The topological polar surface area (TPSA) is 64.2 Å². The Morgan fingerprint density at radius 2 is 2.29 bits per heavy atom. The Kier molecular flexibility index (Phi) is 3.64. The number of anilines is 2. The van der Waals surface area contributed by atoms with Gasteiger partial charge in [-0.3, -0.25) is 9.48 Å². The molecule has 1 aromatic carbocycles. The van der Waals surface area contributed by atoms with Crippen molar-refractivity contribution in [3.05, 3.63) is 41.7 Å². The highest BCUT2D eigenvalue weighted by Crippen LogP contribution is 2.31. The molecule has 0 fully saturated rings. The maximum absolute atomic E-state index is 12.5. The molecule has 1 amide bonds. The van der Waals surface area contributed by atoms with Crippen LogP contribution in [0.4, 0.5) is 11.4 Å². The zero-order chi connectivity index (χ0) is 14.8. The Morgan fingerprint density at radius 3 is 3.05 bits per heavy atom. The van der Waals surface area contributed by atoms with E-state index in [1.54, 1.807) is 4.68 Å². The minimum absolute atomic E-state index is 0.158. The van der Waals surface area contributed by atoms with Crippen LogP contribution in [0.1, 0.15) is 24.0 Å². The lowest BCUT2D eigenvalue weighted by atomic mass is 9.99. The number of carbonyl (C=O) groups excluding carboxylic acids is 1. The Hall–Kier alpha value is -2.30. The number of nitrogens with zero attached hydrogens (tertiary/aromatic N) is 3. The maximum atomic E-state index is 12.5. The molecule has 21 heavy (non-hydrogen) atoms. The van der Waals surface area contributed by atoms with Crippen molar-refractivity contribution in [2.45, 2.75) is 25.7 Å². The van der Waals surface area contributed by atoms with E-state index in [2.05, 4.69) is 5.10 Å². The summed E-state index contributed by atoms with van der Waals surface area (Å²) in [7, 11) is 1.88. The van der Waals surface area contributed by atoms with Gasteiger partial charge >= 0.3 is 0 Å². The van der Waals surface area contributed by atoms with Gasteiger partial charge in [0.25, 0.3) is 0 Å². The van der Waals surface area contributed by atoms with Crippen molar-refractivity contribution in [2.24, 2.45) is 7.05 Å². The molecule has 0 saturated carbocycles. The first-order valence-corrected chi connectivity index (χ1v) is 7.30. The molecule has 0 saturated heterocycles. The molecule has 1 aliphatic rings. The van der Waals surface area contributed by atoms with E-state index < -0.39 is 0 Å². The molecule has 2 aromatic rings. The predicted molar refractivity (Wildman–Crippen MR) is 83.1 cm³/mol. The SMILES string of the molecule is Cn1cc(CCC(=O)N2CCCc3c(N)cccc32)cn1. The van der Waals surface area contributed by atoms with E-state index in [1.165, 1.54) is 0 Å². The molecule has 0 bridgehead atoms. The van der Waals surface area contributed by atoms with Crippen molar-refractivity contribution in [3.63, 3.8) is 0 Å². The summed E-state index contributed by atoms with van der Waals surface area (Å²) in [5, 5.41) is 4.13.